The highest BCUT2D eigenvalue weighted by atomic mass is 32.2. The van der Waals surface area contributed by atoms with Crippen molar-refractivity contribution in [3.05, 3.63) is 53.6 Å². The summed E-state index contributed by atoms with van der Waals surface area (Å²) >= 11 is 0. The molecule has 5 nitrogen and oxygen atoms in total. The summed E-state index contributed by atoms with van der Waals surface area (Å²) in [6, 6.07) is 13.0. The minimum atomic E-state index is -3.43. The van der Waals surface area contributed by atoms with E-state index in [1.54, 1.807) is 25.1 Å². The first-order valence-corrected chi connectivity index (χ1v) is 9.98. The average molecular weight is 361 g/mol. The summed E-state index contributed by atoms with van der Waals surface area (Å²) in [5.41, 5.74) is 1.93. The summed E-state index contributed by atoms with van der Waals surface area (Å²) in [6.07, 6.45) is 2.55. The van der Waals surface area contributed by atoms with E-state index in [0.717, 1.165) is 36.3 Å². The van der Waals surface area contributed by atoms with Gasteiger partial charge < -0.3 is 9.47 Å². The van der Waals surface area contributed by atoms with Crippen molar-refractivity contribution in [1.82, 2.24) is 4.72 Å². The van der Waals surface area contributed by atoms with Crippen LogP contribution in [0.1, 0.15) is 24.0 Å². The second-order valence-electron chi connectivity index (χ2n) is 6.10. The zero-order valence-corrected chi connectivity index (χ0v) is 15.1. The van der Waals surface area contributed by atoms with Gasteiger partial charge >= 0.3 is 0 Å². The Morgan fingerprint density at radius 2 is 1.76 bits per heavy atom. The highest BCUT2D eigenvalue weighted by Gasteiger charge is 2.15. The normalized spacial score (nSPS) is 13.6. The maximum absolute atomic E-state index is 12.3. The Labute approximate surface area is 149 Å². The number of benzene rings is 2. The number of hydrogen-bond acceptors (Lipinski definition) is 4. The van der Waals surface area contributed by atoms with Crippen LogP contribution in [-0.4, -0.2) is 28.2 Å². The largest absolute Gasteiger partial charge is 0.486 e. The van der Waals surface area contributed by atoms with E-state index in [4.69, 9.17) is 9.47 Å². The number of rotatable bonds is 7. The van der Waals surface area contributed by atoms with Crippen molar-refractivity contribution < 1.29 is 17.9 Å². The van der Waals surface area contributed by atoms with Crippen LogP contribution >= 0.6 is 0 Å². The van der Waals surface area contributed by atoms with Gasteiger partial charge in [0.15, 0.2) is 11.5 Å². The molecule has 1 N–H and O–H groups in total. The molecule has 0 spiro atoms. The first-order valence-electron chi connectivity index (χ1n) is 8.50. The molecule has 0 amide bonds. The van der Waals surface area contributed by atoms with E-state index in [0.29, 0.717) is 24.7 Å². The monoisotopic (exact) mass is 361 g/mol. The fourth-order valence-corrected chi connectivity index (χ4v) is 4.16. The van der Waals surface area contributed by atoms with Gasteiger partial charge in [0.1, 0.15) is 13.2 Å². The van der Waals surface area contributed by atoms with Crippen LogP contribution in [0, 0.1) is 6.92 Å². The molecule has 0 saturated heterocycles. The number of hydrogen-bond donors (Lipinski definition) is 1. The third kappa shape index (κ3) is 4.52. The maximum atomic E-state index is 12.3. The quantitative estimate of drug-likeness (QED) is 0.770. The maximum Gasteiger partial charge on any atom is 0.240 e. The first-order chi connectivity index (χ1) is 12.1. The molecule has 1 aliphatic heterocycles. The second-order valence-corrected chi connectivity index (χ2v) is 7.83. The van der Waals surface area contributed by atoms with E-state index in [-0.39, 0.29) is 0 Å². The fourth-order valence-electron chi connectivity index (χ4n) is 2.84. The van der Waals surface area contributed by atoms with Crippen molar-refractivity contribution in [1.29, 1.82) is 0 Å². The van der Waals surface area contributed by atoms with E-state index < -0.39 is 10.0 Å². The molecule has 134 valence electrons. The van der Waals surface area contributed by atoms with Gasteiger partial charge in [-0.15, -0.1) is 0 Å². The van der Waals surface area contributed by atoms with Crippen LogP contribution in [0.4, 0.5) is 0 Å². The summed E-state index contributed by atoms with van der Waals surface area (Å²) in [5, 5.41) is 0. The van der Waals surface area contributed by atoms with E-state index >= 15 is 0 Å². The van der Waals surface area contributed by atoms with Gasteiger partial charge in [-0.05, 0) is 55.5 Å². The van der Waals surface area contributed by atoms with Gasteiger partial charge in [-0.1, -0.05) is 24.3 Å². The zero-order chi connectivity index (χ0) is 17.7. The van der Waals surface area contributed by atoms with Crippen LogP contribution in [0.5, 0.6) is 11.5 Å². The predicted molar refractivity (Wildman–Crippen MR) is 96.7 cm³/mol. The summed E-state index contributed by atoms with van der Waals surface area (Å²) in [5.74, 6) is 1.59. The summed E-state index contributed by atoms with van der Waals surface area (Å²) in [4.78, 5) is 0.349. The Morgan fingerprint density at radius 3 is 2.56 bits per heavy atom. The molecule has 3 rings (SSSR count). The van der Waals surface area contributed by atoms with Gasteiger partial charge in [0, 0.05) is 6.54 Å². The van der Waals surface area contributed by atoms with Gasteiger partial charge in [0.2, 0.25) is 10.0 Å². The lowest BCUT2D eigenvalue weighted by Gasteiger charge is -2.18. The number of aryl methyl sites for hydroxylation is 2. The van der Waals surface area contributed by atoms with Crippen molar-refractivity contribution in [3.8, 4) is 11.5 Å². The minimum absolute atomic E-state index is 0.349. The van der Waals surface area contributed by atoms with Crippen molar-refractivity contribution in [2.45, 2.75) is 31.1 Å². The molecule has 1 aliphatic rings. The molecule has 0 bridgehead atoms. The molecule has 0 atom stereocenters. The van der Waals surface area contributed by atoms with Gasteiger partial charge in [0.25, 0.3) is 0 Å². The Hall–Kier alpha value is -2.05. The lowest BCUT2D eigenvalue weighted by molar-refractivity contribution is 0.171. The SMILES string of the molecule is Cc1ccccc1S(=O)(=O)NCCCCc1ccc2c(c1)OCCO2. The van der Waals surface area contributed by atoms with Crippen LogP contribution in [0.25, 0.3) is 0 Å². The standard InChI is InChI=1S/C19H23NO4S/c1-15-6-2-3-8-19(15)25(21,22)20-11-5-4-7-16-9-10-17-18(14-16)24-13-12-23-17/h2-3,6,8-10,14,20H,4-5,7,11-13H2,1H3. The summed E-state index contributed by atoms with van der Waals surface area (Å²) in [6.45, 7) is 3.40. The summed E-state index contributed by atoms with van der Waals surface area (Å²) < 4.78 is 38.4. The van der Waals surface area contributed by atoms with Gasteiger partial charge in [-0.2, -0.15) is 0 Å². The Kier molecular flexibility index (Phi) is 5.60. The number of ether oxygens (including phenoxy) is 2. The molecule has 2 aromatic rings. The Balaban J connectivity index is 1.47. The molecule has 0 aliphatic carbocycles. The molecule has 1 heterocycles. The lowest BCUT2D eigenvalue weighted by Crippen LogP contribution is -2.25. The van der Waals surface area contributed by atoms with E-state index in [1.165, 1.54) is 5.56 Å². The molecule has 0 aromatic heterocycles. The van der Waals surface area contributed by atoms with Gasteiger partial charge in [-0.3, -0.25) is 0 Å². The van der Waals surface area contributed by atoms with Crippen molar-refractivity contribution >= 4 is 10.0 Å². The van der Waals surface area contributed by atoms with Crippen molar-refractivity contribution in [2.75, 3.05) is 19.8 Å². The lowest BCUT2D eigenvalue weighted by atomic mass is 10.1. The topological polar surface area (TPSA) is 64.6 Å². The van der Waals surface area contributed by atoms with E-state index in [1.807, 2.05) is 24.3 Å². The average Bonchev–Trinajstić information content (AvgIpc) is 2.61. The number of unbranched alkanes of at least 4 members (excludes halogenated alkanes) is 1. The van der Waals surface area contributed by atoms with Crippen molar-refractivity contribution in [3.63, 3.8) is 0 Å². The number of nitrogens with one attached hydrogen (secondary N) is 1. The molecular formula is C19H23NO4S. The molecule has 0 saturated carbocycles. The smallest absolute Gasteiger partial charge is 0.240 e. The number of sulfonamides is 1. The highest BCUT2D eigenvalue weighted by molar-refractivity contribution is 7.89. The molecule has 0 fully saturated rings. The summed E-state index contributed by atoms with van der Waals surface area (Å²) in [7, 11) is -3.43. The molecule has 6 heteroatoms. The Bertz CT molecular complexity index is 833. The third-order valence-electron chi connectivity index (χ3n) is 4.17. The van der Waals surface area contributed by atoms with Gasteiger partial charge in [-0.25, -0.2) is 13.1 Å². The van der Waals surface area contributed by atoms with E-state index in [2.05, 4.69) is 4.72 Å². The molecule has 2 aromatic carbocycles. The van der Waals surface area contributed by atoms with Crippen LogP contribution in [-0.2, 0) is 16.4 Å². The molecule has 0 unspecified atom stereocenters. The fraction of sp³-hybridized carbons (Fsp3) is 0.368. The first kappa shape index (κ1) is 17.8. The molecule has 25 heavy (non-hydrogen) atoms. The molecule has 0 radical (unpaired) electrons. The molecular weight excluding hydrogens is 338 g/mol. The van der Waals surface area contributed by atoms with E-state index in [9.17, 15) is 8.42 Å². The second kappa shape index (κ2) is 7.89. The number of fused-ring (bicyclic) bond motifs is 1. The van der Waals surface area contributed by atoms with Crippen molar-refractivity contribution in [2.24, 2.45) is 0 Å². The predicted octanol–water partition coefficient (Wildman–Crippen LogP) is 3.07. The highest BCUT2D eigenvalue weighted by Crippen LogP contribution is 2.31. The van der Waals surface area contributed by atoms with Crippen LogP contribution in [0.3, 0.4) is 0 Å². The van der Waals surface area contributed by atoms with Crippen LogP contribution in [0.2, 0.25) is 0 Å². The zero-order valence-electron chi connectivity index (χ0n) is 14.3. The minimum Gasteiger partial charge on any atom is -0.486 e. The third-order valence-corrected chi connectivity index (χ3v) is 5.80. The Morgan fingerprint density at radius 1 is 1.00 bits per heavy atom. The van der Waals surface area contributed by atoms with Gasteiger partial charge in [0.05, 0.1) is 4.90 Å². The van der Waals surface area contributed by atoms with Crippen LogP contribution in [0.15, 0.2) is 47.4 Å². The van der Waals surface area contributed by atoms with Crippen LogP contribution < -0.4 is 14.2 Å².